The zero-order chi connectivity index (χ0) is 18.8. The third-order valence-corrected chi connectivity index (χ3v) is 5.06. The molecule has 5 nitrogen and oxygen atoms in total. The van der Waals surface area contributed by atoms with Gasteiger partial charge >= 0.3 is 0 Å². The zero-order valence-electron chi connectivity index (χ0n) is 15.6. The van der Waals surface area contributed by atoms with Crippen molar-refractivity contribution >= 4 is 5.91 Å². The first-order valence-corrected chi connectivity index (χ1v) is 9.19. The fourth-order valence-corrected chi connectivity index (χ4v) is 3.37. The number of hydrogen-bond acceptors (Lipinski definition) is 4. The van der Waals surface area contributed by atoms with E-state index in [2.05, 4.69) is 6.92 Å². The molecule has 3 aromatic rings. The van der Waals surface area contributed by atoms with Crippen molar-refractivity contribution in [3.05, 3.63) is 77.6 Å². The lowest BCUT2D eigenvalue weighted by atomic mass is 10.1. The number of amides is 1. The van der Waals surface area contributed by atoms with Crippen LogP contribution in [-0.4, -0.2) is 17.9 Å². The van der Waals surface area contributed by atoms with Crippen LogP contribution >= 0.6 is 0 Å². The maximum atomic E-state index is 13.2. The third-order valence-electron chi connectivity index (χ3n) is 5.06. The van der Waals surface area contributed by atoms with Crippen molar-refractivity contribution in [1.82, 2.24) is 4.90 Å². The van der Waals surface area contributed by atoms with Gasteiger partial charge in [0.15, 0.2) is 0 Å². The van der Waals surface area contributed by atoms with Crippen LogP contribution in [0, 0.1) is 5.92 Å². The van der Waals surface area contributed by atoms with Crippen molar-refractivity contribution in [2.75, 3.05) is 7.11 Å². The lowest BCUT2D eigenvalue weighted by Gasteiger charge is -2.21. The normalized spacial score (nSPS) is 18.3. The van der Waals surface area contributed by atoms with E-state index in [4.69, 9.17) is 13.6 Å². The van der Waals surface area contributed by atoms with Crippen LogP contribution < -0.4 is 4.74 Å². The highest BCUT2D eigenvalue weighted by molar-refractivity contribution is 5.96. The van der Waals surface area contributed by atoms with Gasteiger partial charge in [0.1, 0.15) is 23.0 Å². The molecule has 5 heteroatoms. The van der Waals surface area contributed by atoms with E-state index >= 15 is 0 Å². The third kappa shape index (κ3) is 3.77. The molecule has 1 fully saturated rings. The highest BCUT2D eigenvalue weighted by Gasteiger charge is 2.36. The zero-order valence-corrected chi connectivity index (χ0v) is 15.6. The second-order valence-corrected chi connectivity index (χ2v) is 7.06. The largest absolute Gasteiger partial charge is 0.496 e. The smallest absolute Gasteiger partial charge is 0.258 e. The number of benzene rings is 1. The maximum absolute atomic E-state index is 13.2. The standard InChI is InChI=1S/C22H23NO4/c1-15-12-19(15)21-10-9-17(27-21)14-23(13-16-6-5-11-26-16)22(24)18-7-3-4-8-20(18)25-2/h3-11,15,19H,12-14H2,1-2H3. The van der Waals surface area contributed by atoms with E-state index in [1.54, 1.807) is 30.4 Å². The van der Waals surface area contributed by atoms with Crippen LogP contribution in [0.5, 0.6) is 5.75 Å². The van der Waals surface area contributed by atoms with Crippen LogP contribution in [0.15, 0.2) is 63.6 Å². The van der Waals surface area contributed by atoms with Crippen LogP contribution in [-0.2, 0) is 13.1 Å². The molecule has 0 bridgehead atoms. The van der Waals surface area contributed by atoms with Crippen molar-refractivity contribution in [1.29, 1.82) is 0 Å². The summed E-state index contributed by atoms with van der Waals surface area (Å²) in [5, 5.41) is 0. The summed E-state index contributed by atoms with van der Waals surface area (Å²) in [6.07, 6.45) is 2.78. The number of para-hydroxylation sites is 1. The molecule has 0 radical (unpaired) electrons. The Labute approximate surface area is 158 Å². The summed E-state index contributed by atoms with van der Waals surface area (Å²) in [6.45, 7) is 2.96. The molecule has 0 N–H and O–H groups in total. The van der Waals surface area contributed by atoms with E-state index < -0.39 is 0 Å². The molecule has 1 saturated carbocycles. The van der Waals surface area contributed by atoms with Gasteiger partial charge in [0.25, 0.3) is 5.91 Å². The van der Waals surface area contributed by atoms with Crippen LogP contribution in [0.4, 0.5) is 0 Å². The Hall–Kier alpha value is -2.95. The first-order chi connectivity index (χ1) is 13.2. The van der Waals surface area contributed by atoms with E-state index in [-0.39, 0.29) is 5.91 Å². The fourth-order valence-electron chi connectivity index (χ4n) is 3.37. The summed E-state index contributed by atoms with van der Waals surface area (Å²) in [4.78, 5) is 14.9. The number of furan rings is 2. The molecule has 0 saturated heterocycles. The quantitative estimate of drug-likeness (QED) is 0.601. The molecule has 2 heterocycles. The summed E-state index contributed by atoms with van der Waals surface area (Å²) < 4.78 is 16.8. The summed E-state index contributed by atoms with van der Waals surface area (Å²) in [6, 6.07) is 14.9. The number of ether oxygens (including phenoxy) is 1. The number of nitrogens with zero attached hydrogens (tertiary/aromatic N) is 1. The molecule has 1 aliphatic rings. The van der Waals surface area contributed by atoms with E-state index in [9.17, 15) is 4.79 Å². The van der Waals surface area contributed by atoms with E-state index in [0.29, 0.717) is 36.2 Å². The molecule has 27 heavy (non-hydrogen) atoms. The Morgan fingerprint density at radius 2 is 1.89 bits per heavy atom. The second-order valence-electron chi connectivity index (χ2n) is 7.06. The molecule has 1 aromatic carbocycles. The Bertz CT molecular complexity index is 912. The predicted molar refractivity (Wildman–Crippen MR) is 101 cm³/mol. The second kappa shape index (κ2) is 7.35. The Morgan fingerprint density at radius 3 is 2.59 bits per heavy atom. The molecule has 1 amide bonds. The van der Waals surface area contributed by atoms with Crippen LogP contribution in [0.2, 0.25) is 0 Å². The van der Waals surface area contributed by atoms with Gasteiger partial charge < -0.3 is 18.5 Å². The maximum Gasteiger partial charge on any atom is 0.258 e. The molecule has 2 unspecified atom stereocenters. The first kappa shape index (κ1) is 17.5. The number of carbonyl (C=O) groups excluding carboxylic acids is 1. The van der Waals surface area contributed by atoms with Crippen molar-refractivity contribution in [3.8, 4) is 5.75 Å². The SMILES string of the molecule is COc1ccccc1C(=O)N(Cc1ccco1)Cc1ccc(C2CC2C)o1. The average molecular weight is 365 g/mol. The number of carbonyl (C=O) groups is 1. The highest BCUT2D eigenvalue weighted by Crippen LogP contribution is 2.47. The van der Waals surface area contributed by atoms with Gasteiger partial charge in [-0.2, -0.15) is 0 Å². The molecular weight excluding hydrogens is 342 g/mol. The highest BCUT2D eigenvalue weighted by atomic mass is 16.5. The van der Waals surface area contributed by atoms with E-state index in [1.807, 2.05) is 36.4 Å². The summed E-state index contributed by atoms with van der Waals surface area (Å²) in [5.74, 6) is 4.14. The topological polar surface area (TPSA) is 55.8 Å². The lowest BCUT2D eigenvalue weighted by molar-refractivity contribution is 0.0700. The lowest BCUT2D eigenvalue weighted by Crippen LogP contribution is -2.30. The van der Waals surface area contributed by atoms with Gasteiger partial charge in [-0.3, -0.25) is 4.79 Å². The molecule has 0 spiro atoms. The van der Waals surface area contributed by atoms with Crippen LogP contribution in [0.3, 0.4) is 0 Å². The van der Waals surface area contributed by atoms with Gasteiger partial charge in [-0.15, -0.1) is 0 Å². The van der Waals surface area contributed by atoms with Crippen LogP contribution in [0.1, 0.15) is 46.9 Å². The monoisotopic (exact) mass is 365 g/mol. The van der Waals surface area contributed by atoms with Gasteiger partial charge in [-0.25, -0.2) is 0 Å². The molecular formula is C22H23NO4. The molecule has 140 valence electrons. The van der Waals surface area contributed by atoms with Crippen LogP contribution in [0.25, 0.3) is 0 Å². The molecule has 0 aliphatic heterocycles. The molecule has 1 aliphatic carbocycles. The van der Waals surface area contributed by atoms with Gasteiger partial charge in [-0.1, -0.05) is 19.1 Å². The Morgan fingerprint density at radius 1 is 1.11 bits per heavy atom. The van der Waals surface area contributed by atoms with Crippen molar-refractivity contribution in [2.24, 2.45) is 5.92 Å². The fraction of sp³-hybridized carbons (Fsp3) is 0.318. The minimum atomic E-state index is -0.124. The van der Waals surface area contributed by atoms with Crippen molar-refractivity contribution in [2.45, 2.75) is 32.4 Å². The average Bonchev–Trinajstić information content (AvgIpc) is 3.08. The predicted octanol–water partition coefficient (Wildman–Crippen LogP) is 4.85. The minimum absolute atomic E-state index is 0.124. The molecule has 2 aromatic heterocycles. The molecule has 2 atom stereocenters. The van der Waals surface area contributed by atoms with Gasteiger partial charge in [0.05, 0.1) is 32.0 Å². The summed E-state index contributed by atoms with van der Waals surface area (Å²) in [5.41, 5.74) is 0.522. The van der Waals surface area contributed by atoms with E-state index in [0.717, 1.165) is 17.3 Å². The van der Waals surface area contributed by atoms with Crippen molar-refractivity contribution < 1.29 is 18.4 Å². The van der Waals surface area contributed by atoms with Gasteiger partial charge in [0.2, 0.25) is 0 Å². The minimum Gasteiger partial charge on any atom is -0.496 e. The Kier molecular flexibility index (Phi) is 4.75. The van der Waals surface area contributed by atoms with E-state index in [1.165, 1.54) is 6.42 Å². The summed E-state index contributed by atoms with van der Waals surface area (Å²) in [7, 11) is 1.57. The number of hydrogen-bond donors (Lipinski definition) is 0. The molecule has 4 rings (SSSR count). The van der Waals surface area contributed by atoms with Gasteiger partial charge in [-0.05, 0) is 48.7 Å². The number of methoxy groups -OCH3 is 1. The number of rotatable bonds is 7. The first-order valence-electron chi connectivity index (χ1n) is 9.19. The van der Waals surface area contributed by atoms with Crippen molar-refractivity contribution in [3.63, 3.8) is 0 Å². The van der Waals surface area contributed by atoms with Gasteiger partial charge in [0, 0.05) is 5.92 Å². The Balaban J connectivity index is 1.58. The summed E-state index contributed by atoms with van der Waals surface area (Å²) >= 11 is 0.